The molecule has 0 radical (unpaired) electrons. The van der Waals surface area contributed by atoms with E-state index in [-0.39, 0.29) is 50.1 Å². The molecule has 0 saturated carbocycles. The molecule has 0 unspecified atom stereocenters. The van der Waals surface area contributed by atoms with Crippen LogP contribution in [-0.4, -0.2) is 153 Å². The first-order chi connectivity index (χ1) is 31.3. The van der Waals surface area contributed by atoms with Crippen molar-refractivity contribution in [1.29, 1.82) is 0 Å². The summed E-state index contributed by atoms with van der Waals surface area (Å²) < 4.78 is 0. The molecular formula is C43H74N10O14. The van der Waals surface area contributed by atoms with Gasteiger partial charge in [0, 0.05) is 19.9 Å². The Balaban J connectivity index is 0.00000538. The lowest BCUT2D eigenvalue weighted by molar-refractivity contribution is -0.147. The van der Waals surface area contributed by atoms with Crippen LogP contribution in [0.3, 0.4) is 0 Å². The number of rotatable bonds is 27. The van der Waals surface area contributed by atoms with E-state index in [1.807, 2.05) is 33.0 Å². The molecule has 14 N–H and O–H groups in total. The van der Waals surface area contributed by atoms with Gasteiger partial charge in [-0.05, 0) is 88.6 Å². The molecule has 0 spiro atoms. The van der Waals surface area contributed by atoms with Gasteiger partial charge < -0.3 is 68.9 Å². The fourth-order valence-electron chi connectivity index (χ4n) is 7.41. The zero-order valence-corrected chi connectivity index (χ0v) is 39.7. The van der Waals surface area contributed by atoms with Gasteiger partial charge in [0.05, 0.1) is 12.5 Å². The third-order valence-electron chi connectivity index (χ3n) is 10.9. The number of carbonyl (C=O) groups excluding carboxylic acids is 8. The van der Waals surface area contributed by atoms with Crippen LogP contribution in [0.25, 0.3) is 0 Å². The van der Waals surface area contributed by atoms with Gasteiger partial charge in [-0.3, -0.25) is 47.9 Å². The summed E-state index contributed by atoms with van der Waals surface area (Å²) in [5.74, 6) is -10.5. The lowest BCUT2D eigenvalue weighted by Gasteiger charge is -2.32. The van der Waals surface area contributed by atoms with Crippen LogP contribution in [-0.2, 0) is 52.7 Å². The molecule has 380 valence electrons. The van der Waals surface area contributed by atoms with Crippen LogP contribution < -0.4 is 48.7 Å². The molecule has 2 aliphatic heterocycles. The number of nitrogens with one attached hydrogen (secondary N) is 7. The Hall–Kier alpha value is -5.91. The maximum absolute atomic E-state index is 14.0. The van der Waals surface area contributed by atoms with Gasteiger partial charge >= 0.3 is 11.9 Å². The Kier molecular flexibility index (Phi) is 26.2. The Morgan fingerprint density at radius 2 is 1.21 bits per heavy atom. The third-order valence-corrected chi connectivity index (χ3v) is 10.9. The predicted octanol–water partition coefficient (Wildman–Crippen LogP) is -1.96. The SMILES string of the molecule is CC(=O)O.CC(C)C[C@H](NC(=O)[C@@H]1CCCN1C(=O)[C@@H](NC(=O)[C@@H]1CCCN1)C(C)C)C(=O)N[C@H](C(=O)N[C@@H](CCCCN)C(=O)N[C@@H](CCC(N)=O)C(=O)N[C@@H](CC(=O)O)C(=O)O)C(C)C. The topological polar surface area (TPSA) is 388 Å². The quantitative estimate of drug-likeness (QED) is 0.0398. The van der Waals surface area contributed by atoms with Crippen LogP contribution >= 0.6 is 0 Å². The predicted molar refractivity (Wildman–Crippen MR) is 241 cm³/mol. The van der Waals surface area contributed by atoms with Crippen LogP contribution in [0, 0.1) is 17.8 Å². The molecule has 2 aliphatic rings. The molecule has 8 amide bonds. The first-order valence-corrected chi connectivity index (χ1v) is 22.8. The lowest BCUT2D eigenvalue weighted by Crippen LogP contribution is -2.61. The van der Waals surface area contributed by atoms with E-state index in [0.29, 0.717) is 38.6 Å². The molecule has 0 bridgehead atoms. The first-order valence-electron chi connectivity index (χ1n) is 22.8. The van der Waals surface area contributed by atoms with Gasteiger partial charge in [0.25, 0.3) is 5.97 Å². The highest BCUT2D eigenvalue weighted by molar-refractivity contribution is 5.98. The largest absolute Gasteiger partial charge is 0.481 e. The van der Waals surface area contributed by atoms with Gasteiger partial charge in [-0.2, -0.15) is 0 Å². The van der Waals surface area contributed by atoms with Gasteiger partial charge in [-0.1, -0.05) is 41.5 Å². The smallest absolute Gasteiger partial charge is 0.326 e. The van der Waals surface area contributed by atoms with Gasteiger partial charge in [0.2, 0.25) is 47.3 Å². The number of hydrogen-bond donors (Lipinski definition) is 12. The Labute approximate surface area is 391 Å². The normalized spacial score (nSPS) is 18.2. The van der Waals surface area contributed by atoms with E-state index in [1.165, 1.54) is 4.90 Å². The first kappa shape index (κ1) is 59.1. The van der Waals surface area contributed by atoms with Crippen molar-refractivity contribution in [2.24, 2.45) is 29.2 Å². The molecule has 2 saturated heterocycles. The summed E-state index contributed by atoms with van der Waals surface area (Å²) in [5, 5.41) is 44.5. The van der Waals surface area contributed by atoms with E-state index in [2.05, 4.69) is 31.9 Å². The van der Waals surface area contributed by atoms with E-state index >= 15 is 0 Å². The molecule has 24 nitrogen and oxygen atoms in total. The van der Waals surface area contributed by atoms with Crippen LogP contribution in [0.15, 0.2) is 0 Å². The number of likely N-dealkylation sites (tertiary alicyclic amines) is 1. The van der Waals surface area contributed by atoms with Gasteiger partial charge in [0.15, 0.2) is 0 Å². The van der Waals surface area contributed by atoms with Crippen molar-refractivity contribution in [1.82, 2.24) is 42.1 Å². The standard InChI is InChI=1S/C41H70N10O12.C2H4O2/c1-21(2)19-27(47-38(59)29-13-10-18-51(29)40(61)33(23(5)6)50-34(55)24-12-9-17-44-24)37(58)49-32(22(3)4)39(60)46-25(11-7-8-16-42)35(56)45-26(14-15-30(43)52)36(57)48-28(41(62)63)20-31(53)54;1-2(3)4/h21-29,32-33,44H,7-20,42H2,1-6H3,(H2,43,52)(H,45,56)(H,46,60)(H,47,59)(H,48,57)(H,49,58)(H,50,55)(H,53,54)(H,62,63);1H3,(H,3,4)/t24-,25-,26-,27-,28-,29-,32-,33-;/m0./s1. The number of carbonyl (C=O) groups is 11. The second-order valence-corrected chi connectivity index (χ2v) is 17.9. The zero-order chi connectivity index (χ0) is 51.1. The number of carboxylic acids is 3. The minimum Gasteiger partial charge on any atom is -0.481 e. The van der Waals surface area contributed by atoms with E-state index in [4.69, 9.17) is 26.5 Å². The van der Waals surface area contributed by atoms with Crippen LogP contribution in [0.4, 0.5) is 0 Å². The van der Waals surface area contributed by atoms with Crippen molar-refractivity contribution in [2.75, 3.05) is 19.6 Å². The minimum absolute atomic E-state index is 0.00984. The summed E-state index contributed by atoms with van der Waals surface area (Å²) in [6.45, 7) is 12.9. The summed E-state index contributed by atoms with van der Waals surface area (Å²) in [6.07, 6.45) is 1.51. The van der Waals surface area contributed by atoms with Crippen molar-refractivity contribution < 1.29 is 68.1 Å². The molecule has 24 heteroatoms. The average Bonchev–Trinajstić information content (AvgIpc) is 3.95. The van der Waals surface area contributed by atoms with Crippen molar-refractivity contribution in [3.8, 4) is 0 Å². The van der Waals surface area contributed by atoms with Crippen molar-refractivity contribution in [2.45, 2.75) is 167 Å². The second-order valence-electron chi connectivity index (χ2n) is 17.9. The number of hydrogen-bond acceptors (Lipinski definition) is 13. The fourth-order valence-corrected chi connectivity index (χ4v) is 7.41. The number of carboxylic acid groups (broad SMARTS) is 3. The van der Waals surface area contributed by atoms with E-state index in [1.54, 1.807) is 13.8 Å². The molecule has 8 atom stereocenters. The number of primary amides is 1. The Bertz CT molecular complexity index is 1730. The van der Waals surface area contributed by atoms with Crippen molar-refractivity contribution >= 4 is 65.2 Å². The van der Waals surface area contributed by atoms with Crippen LogP contribution in [0.5, 0.6) is 0 Å². The fraction of sp³-hybridized carbons (Fsp3) is 0.744. The molecule has 0 aromatic rings. The molecule has 67 heavy (non-hydrogen) atoms. The number of aliphatic carboxylic acids is 3. The maximum Gasteiger partial charge on any atom is 0.326 e. The minimum atomic E-state index is -1.86. The van der Waals surface area contributed by atoms with Crippen LogP contribution in [0.2, 0.25) is 0 Å². The molecule has 0 aliphatic carbocycles. The highest BCUT2D eigenvalue weighted by atomic mass is 16.4. The molecular weight excluding hydrogens is 881 g/mol. The zero-order valence-electron chi connectivity index (χ0n) is 39.7. The third kappa shape index (κ3) is 21.5. The molecule has 2 fully saturated rings. The maximum atomic E-state index is 14.0. The Morgan fingerprint density at radius 3 is 1.70 bits per heavy atom. The van der Waals surface area contributed by atoms with E-state index in [0.717, 1.165) is 13.3 Å². The summed E-state index contributed by atoms with van der Waals surface area (Å²) in [4.78, 5) is 140. The van der Waals surface area contributed by atoms with Crippen molar-refractivity contribution in [3.63, 3.8) is 0 Å². The number of nitrogens with zero attached hydrogens (tertiary/aromatic N) is 1. The molecule has 2 rings (SSSR count). The van der Waals surface area contributed by atoms with Gasteiger partial charge in [0.1, 0.15) is 42.3 Å². The van der Waals surface area contributed by atoms with Crippen LogP contribution in [0.1, 0.15) is 119 Å². The number of unbranched alkanes of at least 4 members (excludes halogenated alkanes) is 1. The van der Waals surface area contributed by atoms with E-state index in [9.17, 15) is 53.1 Å². The van der Waals surface area contributed by atoms with Gasteiger partial charge in [-0.25, -0.2) is 4.79 Å². The number of nitrogens with two attached hydrogens (primary N) is 2. The molecule has 0 aromatic heterocycles. The summed E-state index contributed by atoms with van der Waals surface area (Å²) >= 11 is 0. The lowest BCUT2D eigenvalue weighted by atomic mass is 9.98. The van der Waals surface area contributed by atoms with E-state index < -0.39 is 126 Å². The average molecular weight is 955 g/mol. The highest BCUT2D eigenvalue weighted by Gasteiger charge is 2.41. The monoisotopic (exact) mass is 955 g/mol. The number of amides is 8. The summed E-state index contributed by atoms with van der Waals surface area (Å²) in [7, 11) is 0. The Morgan fingerprint density at radius 1 is 0.657 bits per heavy atom. The molecule has 2 heterocycles. The summed E-state index contributed by atoms with van der Waals surface area (Å²) in [6, 6.07) is -9.33. The summed E-state index contributed by atoms with van der Waals surface area (Å²) in [5.41, 5.74) is 10.9. The highest BCUT2D eigenvalue weighted by Crippen LogP contribution is 2.22. The van der Waals surface area contributed by atoms with Gasteiger partial charge in [-0.15, -0.1) is 0 Å². The second kappa shape index (κ2) is 29.7. The van der Waals surface area contributed by atoms with Crippen molar-refractivity contribution in [3.05, 3.63) is 0 Å². The molecule has 0 aromatic carbocycles.